The fourth-order valence-corrected chi connectivity index (χ4v) is 3.69. The third kappa shape index (κ3) is 2.55. The van der Waals surface area contributed by atoms with E-state index in [0.717, 1.165) is 19.6 Å². The van der Waals surface area contributed by atoms with Crippen LogP contribution in [0.4, 0.5) is 4.39 Å². The van der Waals surface area contributed by atoms with Crippen LogP contribution < -0.4 is 5.73 Å². The highest BCUT2D eigenvalue weighted by Crippen LogP contribution is 2.49. The van der Waals surface area contributed by atoms with E-state index in [0.29, 0.717) is 24.0 Å². The summed E-state index contributed by atoms with van der Waals surface area (Å²) in [6.07, 6.45) is 0.459. The number of ketones is 1. The zero-order valence-electron chi connectivity index (χ0n) is 13.6. The molecule has 1 fully saturated rings. The molecule has 0 amide bonds. The Morgan fingerprint density at radius 2 is 2.04 bits per heavy atom. The Hall–Kier alpha value is -2.39. The molecule has 0 unspecified atom stereocenters. The van der Waals surface area contributed by atoms with Crippen molar-refractivity contribution in [1.82, 2.24) is 4.90 Å². The number of Topliss-reactive ketones (excluding diaryl/α,β-unsaturated/α-hetero) is 1. The summed E-state index contributed by atoms with van der Waals surface area (Å²) in [6, 6.07) is 7.53. The van der Waals surface area contributed by atoms with Crippen LogP contribution in [0.2, 0.25) is 0 Å². The van der Waals surface area contributed by atoms with E-state index in [9.17, 15) is 14.4 Å². The van der Waals surface area contributed by atoms with Crippen LogP contribution >= 0.6 is 0 Å². The fourth-order valence-electron chi connectivity index (χ4n) is 3.69. The van der Waals surface area contributed by atoms with Gasteiger partial charge in [0.1, 0.15) is 11.9 Å². The van der Waals surface area contributed by atoms with Crippen LogP contribution in [0.5, 0.6) is 0 Å². The van der Waals surface area contributed by atoms with E-state index in [-0.39, 0.29) is 11.7 Å². The van der Waals surface area contributed by atoms with Crippen LogP contribution in [-0.2, 0) is 4.74 Å². The van der Waals surface area contributed by atoms with Gasteiger partial charge < -0.3 is 15.4 Å². The minimum absolute atomic E-state index is 0.0444. The molecule has 0 aromatic heterocycles. The van der Waals surface area contributed by atoms with Crippen molar-refractivity contribution in [3.8, 4) is 6.07 Å². The number of benzene rings is 1. The molecule has 3 rings (SSSR count). The number of hydrogen-bond donors (Lipinski definition) is 1. The van der Waals surface area contributed by atoms with Gasteiger partial charge in [0.15, 0.2) is 12.0 Å². The largest absolute Gasteiger partial charge is 0.466 e. The third-order valence-electron chi connectivity index (χ3n) is 5.17. The number of carbonyl (C=O) groups is 1. The van der Waals surface area contributed by atoms with Gasteiger partial charge in [0.05, 0.1) is 11.0 Å². The lowest BCUT2D eigenvalue weighted by Crippen LogP contribution is -2.48. The zero-order valence-corrected chi connectivity index (χ0v) is 13.6. The van der Waals surface area contributed by atoms with Crippen molar-refractivity contribution in [2.75, 3.05) is 19.6 Å². The summed E-state index contributed by atoms with van der Waals surface area (Å²) in [7, 11) is 0. The lowest BCUT2D eigenvalue weighted by Gasteiger charge is -2.40. The predicted octanol–water partition coefficient (Wildman–Crippen LogP) is 2.20. The Morgan fingerprint density at radius 1 is 1.42 bits per heavy atom. The molecule has 0 saturated carbocycles. The number of nitrogens with two attached hydrogens (primary N) is 1. The number of nitriles is 1. The van der Waals surface area contributed by atoms with Gasteiger partial charge in [-0.25, -0.2) is 4.39 Å². The van der Waals surface area contributed by atoms with Crippen molar-refractivity contribution in [3.63, 3.8) is 0 Å². The molecular weight excluding hydrogens is 309 g/mol. The fraction of sp³-hybridized carbons (Fsp3) is 0.444. The molecule has 126 valence electrons. The van der Waals surface area contributed by atoms with Crippen LogP contribution in [0.1, 0.15) is 30.1 Å². The smallest absolute Gasteiger partial charge is 0.204 e. The highest BCUT2D eigenvalue weighted by Gasteiger charge is 2.55. The first-order valence-electron chi connectivity index (χ1n) is 8.11. The number of likely N-dealkylation sites (tertiary alicyclic amines) is 1. The number of rotatable bonds is 3. The van der Waals surface area contributed by atoms with E-state index in [4.69, 9.17) is 10.5 Å². The van der Waals surface area contributed by atoms with E-state index >= 15 is 0 Å². The summed E-state index contributed by atoms with van der Waals surface area (Å²) in [5.74, 6) is -0.615. The molecule has 2 aliphatic rings. The number of ether oxygens (including phenoxy) is 1. The topological polar surface area (TPSA) is 79.3 Å². The van der Waals surface area contributed by atoms with Crippen LogP contribution in [0.25, 0.3) is 0 Å². The zero-order chi connectivity index (χ0) is 17.3. The molecule has 0 bridgehead atoms. The van der Waals surface area contributed by atoms with Gasteiger partial charge in [-0.1, -0.05) is 6.92 Å². The van der Waals surface area contributed by atoms with E-state index in [1.165, 1.54) is 24.3 Å². The van der Waals surface area contributed by atoms with Crippen molar-refractivity contribution in [3.05, 3.63) is 47.1 Å². The van der Waals surface area contributed by atoms with Gasteiger partial charge in [0, 0.05) is 5.56 Å². The normalized spacial score (nSPS) is 23.1. The number of nitrogens with zero attached hydrogens (tertiary/aromatic N) is 2. The van der Waals surface area contributed by atoms with Crippen molar-refractivity contribution in [2.45, 2.75) is 25.9 Å². The number of carbonyl (C=O) groups excluding carboxylic acids is 1. The molecule has 5 nitrogen and oxygen atoms in total. The summed E-state index contributed by atoms with van der Waals surface area (Å²) < 4.78 is 18.8. The molecule has 1 aromatic rings. The van der Waals surface area contributed by atoms with Gasteiger partial charge >= 0.3 is 0 Å². The van der Waals surface area contributed by atoms with E-state index in [2.05, 4.69) is 17.9 Å². The highest BCUT2D eigenvalue weighted by molar-refractivity contribution is 6.01. The second-order valence-electron chi connectivity index (χ2n) is 6.31. The predicted molar refractivity (Wildman–Crippen MR) is 86.2 cm³/mol. The van der Waals surface area contributed by atoms with E-state index in [1.54, 1.807) is 0 Å². The maximum absolute atomic E-state index is 13.1. The Kier molecular flexibility index (Phi) is 4.29. The molecule has 1 atom stereocenters. The molecule has 6 heteroatoms. The molecule has 0 aliphatic carbocycles. The highest BCUT2D eigenvalue weighted by atomic mass is 19.1. The molecule has 1 saturated heterocycles. The second-order valence-corrected chi connectivity index (χ2v) is 6.31. The maximum atomic E-state index is 13.1. The third-order valence-corrected chi connectivity index (χ3v) is 5.17. The van der Waals surface area contributed by atoms with Crippen LogP contribution in [-0.4, -0.2) is 36.4 Å². The molecule has 0 radical (unpaired) electrons. The second kappa shape index (κ2) is 6.25. The van der Waals surface area contributed by atoms with Crippen molar-refractivity contribution in [1.29, 1.82) is 5.26 Å². The molecular formula is C18H20FN3O2. The number of hydrogen-bond acceptors (Lipinski definition) is 5. The van der Waals surface area contributed by atoms with Crippen molar-refractivity contribution >= 4 is 5.78 Å². The number of piperidine rings is 1. The summed E-state index contributed by atoms with van der Waals surface area (Å²) in [6.45, 7) is 4.57. The van der Waals surface area contributed by atoms with Gasteiger partial charge in [-0.15, -0.1) is 0 Å². The standard InChI is InChI=1S/C18H20FN3O2/c1-2-22-9-7-18(8-10-22)14(11-20)17(21)24-16(18)15(23)12-3-5-13(19)6-4-12/h3-6,16H,2,7-10,21H2,1H3/t16-/m1/s1. The number of halogens is 1. The molecule has 1 spiro atoms. The Bertz CT molecular complexity index is 713. The molecule has 2 heterocycles. The van der Waals surface area contributed by atoms with Gasteiger partial charge in [0.25, 0.3) is 0 Å². The summed E-state index contributed by atoms with van der Waals surface area (Å²) in [5.41, 5.74) is 5.96. The summed E-state index contributed by atoms with van der Waals surface area (Å²) >= 11 is 0. The first-order chi connectivity index (χ1) is 11.5. The lowest BCUT2D eigenvalue weighted by atomic mass is 9.68. The van der Waals surface area contributed by atoms with Gasteiger partial charge in [-0.05, 0) is 56.7 Å². The Balaban J connectivity index is 1.94. The molecule has 2 aliphatic heterocycles. The first kappa shape index (κ1) is 16.5. The molecule has 1 aromatic carbocycles. The van der Waals surface area contributed by atoms with Crippen LogP contribution in [0.15, 0.2) is 35.7 Å². The van der Waals surface area contributed by atoms with Crippen molar-refractivity contribution in [2.24, 2.45) is 11.1 Å². The van der Waals surface area contributed by atoms with Gasteiger partial charge in [-0.2, -0.15) is 5.26 Å². The minimum Gasteiger partial charge on any atom is -0.466 e. The van der Waals surface area contributed by atoms with Gasteiger partial charge in [0.2, 0.25) is 5.78 Å². The maximum Gasteiger partial charge on any atom is 0.204 e. The lowest BCUT2D eigenvalue weighted by molar-refractivity contribution is 0.0184. The van der Waals surface area contributed by atoms with Crippen LogP contribution in [0.3, 0.4) is 0 Å². The van der Waals surface area contributed by atoms with Crippen LogP contribution in [0, 0.1) is 22.6 Å². The van der Waals surface area contributed by atoms with E-state index < -0.39 is 17.3 Å². The Labute approximate surface area is 140 Å². The SMILES string of the molecule is CCN1CCC2(CC1)C(C#N)=C(N)O[C@@H]2C(=O)c1ccc(F)cc1. The molecule has 2 N–H and O–H groups in total. The van der Waals surface area contributed by atoms with E-state index in [1.807, 2.05) is 0 Å². The van der Waals surface area contributed by atoms with Gasteiger partial charge in [-0.3, -0.25) is 4.79 Å². The monoisotopic (exact) mass is 329 g/mol. The first-order valence-corrected chi connectivity index (χ1v) is 8.11. The quantitative estimate of drug-likeness (QED) is 0.860. The minimum atomic E-state index is -0.823. The van der Waals surface area contributed by atoms with Crippen molar-refractivity contribution < 1.29 is 13.9 Å². The summed E-state index contributed by atoms with van der Waals surface area (Å²) in [4.78, 5) is 15.2. The molecule has 24 heavy (non-hydrogen) atoms. The Morgan fingerprint density at radius 3 is 2.58 bits per heavy atom. The average molecular weight is 329 g/mol. The average Bonchev–Trinajstić information content (AvgIpc) is 2.87. The summed E-state index contributed by atoms with van der Waals surface area (Å²) in [5, 5.41) is 9.54.